The van der Waals surface area contributed by atoms with E-state index in [-0.39, 0.29) is 23.4 Å². The molecule has 1 aliphatic heterocycles. The lowest BCUT2D eigenvalue weighted by Crippen LogP contribution is -2.46. The fraction of sp³-hybridized carbons (Fsp3) is 0.458. The molecule has 2 aromatic carbocycles. The Balaban J connectivity index is 1.64. The summed E-state index contributed by atoms with van der Waals surface area (Å²) in [5, 5.41) is 3.03. The second kappa shape index (κ2) is 10.6. The molecule has 2 aromatic rings. The number of hydrogen-bond donors (Lipinski definition) is 1. The second-order valence-corrected chi connectivity index (χ2v) is 10.4. The summed E-state index contributed by atoms with van der Waals surface area (Å²) in [7, 11) is 0.188. The molecular formula is C24H32FN3O3S. The van der Waals surface area contributed by atoms with Gasteiger partial charge < -0.3 is 10.2 Å². The monoisotopic (exact) mass is 461 g/mol. The third-order valence-corrected chi connectivity index (χ3v) is 7.95. The zero-order valence-electron chi connectivity index (χ0n) is 18.9. The normalized spacial score (nSPS) is 18.5. The van der Waals surface area contributed by atoms with E-state index >= 15 is 0 Å². The Morgan fingerprint density at radius 2 is 1.81 bits per heavy atom. The molecule has 174 valence electrons. The quantitative estimate of drug-likeness (QED) is 0.656. The number of amides is 1. The van der Waals surface area contributed by atoms with Gasteiger partial charge in [0.05, 0.1) is 16.9 Å². The first kappa shape index (κ1) is 24.4. The van der Waals surface area contributed by atoms with Gasteiger partial charge in [-0.25, -0.2) is 12.8 Å². The first-order valence-electron chi connectivity index (χ1n) is 11.0. The van der Waals surface area contributed by atoms with Gasteiger partial charge in [0.25, 0.3) is 0 Å². The van der Waals surface area contributed by atoms with Crippen LogP contribution < -0.4 is 5.32 Å². The highest BCUT2D eigenvalue weighted by Crippen LogP contribution is 2.25. The van der Waals surface area contributed by atoms with E-state index in [1.54, 1.807) is 0 Å². The molecule has 0 bridgehead atoms. The summed E-state index contributed by atoms with van der Waals surface area (Å²) in [5.41, 5.74) is 2.39. The molecule has 1 amide bonds. The van der Waals surface area contributed by atoms with Gasteiger partial charge in [0.1, 0.15) is 5.82 Å². The Bertz CT molecular complexity index is 1010. The van der Waals surface area contributed by atoms with Crippen LogP contribution in [0.3, 0.4) is 0 Å². The van der Waals surface area contributed by atoms with Gasteiger partial charge in [-0.05, 0) is 68.8 Å². The van der Waals surface area contributed by atoms with Gasteiger partial charge >= 0.3 is 0 Å². The summed E-state index contributed by atoms with van der Waals surface area (Å²) < 4.78 is 40.4. The number of carbonyl (C=O) groups is 1. The predicted octanol–water partition coefficient (Wildman–Crippen LogP) is 3.21. The third kappa shape index (κ3) is 5.74. The van der Waals surface area contributed by atoms with E-state index in [0.29, 0.717) is 25.9 Å². The van der Waals surface area contributed by atoms with Crippen LogP contribution in [0.1, 0.15) is 36.9 Å². The Kier molecular flexibility index (Phi) is 8.03. The molecule has 0 radical (unpaired) electrons. The van der Waals surface area contributed by atoms with Crippen LogP contribution in [0.5, 0.6) is 0 Å². The van der Waals surface area contributed by atoms with Crippen molar-refractivity contribution in [2.45, 2.75) is 37.1 Å². The number of benzene rings is 2. The molecule has 1 heterocycles. The Hall–Kier alpha value is -2.29. The van der Waals surface area contributed by atoms with E-state index in [0.717, 1.165) is 24.1 Å². The van der Waals surface area contributed by atoms with Crippen LogP contribution in [0.15, 0.2) is 53.4 Å². The van der Waals surface area contributed by atoms with Gasteiger partial charge in [0, 0.05) is 19.6 Å². The van der Waals surface area contributed by atoms with Crippen LogP contribution in [0, 0.1) is 11.7 Å². The van der Waals surface area contributed by atoms with E-state index < -0.39 is 21.8 Å². The molecule has 3 rings (SSSR count). The highest BCUT2D eigenvalue weighted by Gasteiger charge is 2.33. The molecule has 1 N–H and O–H groups in total. The molecule has 6 nitrogen and oxygen atoms in total. The molecule has 8 heteroatoms. The number of halogens is 1. The number of nitrogens with one attached hydrogen (secondary N) is 1. The number of likely N-dealkylation sites (N-methyl/N-ethyl adjacent to an activating group) is 1. The summed E-state index contributed by atoms with van der Waals surface area (Å²) in [5.74, 6) is -1.04. The van der Waals surface area contributed by atoms with Crippen LogP contribution in [0.4, 0.5) is 4.39 Å². The highest BCUT2D eigenvalue weighted by atomic mass is 32.2. The van der Waals surface area contributed by atoms with Gasteiger partial charge in [-0.3, -0.25) is 4.79 Å². The van der Waals surface area contributed by atoms with Crippen molar-refractivity contribution in [3.8, 4) is 0 Å². The number of sulfonamides is 1. The molecule has 1 aliphatic rings. The van der Waals surface area contributed by atoms with Crippen molar-refractivity contribution in [1.29, 1.82) is 0 Å². The average Bonchev–Trinajstić information content (AvgIpc) is 2.79. The minimum absolute atomic E-state index is 0.0208. The van der Waals surface area contributed by atoms with Crippen LogP contribution >= 0.6 is 0 Å². The first-order chi connectivity index (χ1) is 15.2. The van der Waals surface area contributed by atoms with Gasteiger partial charge in [0.15, 0.2) is 0 Å². The van der Waals surface area contributed by atoms with E-state index in [4.69, 9.17) is 0 Å². The number of rotatable bonds is 8. The summed E-state index contributed by atoms with van der Waals surface area (Å²) in [6, 6.07) is 13.2. The maximum absolute atomic E-state index is 13.2. The minimum atomic E-state index is -3.76. The van der Waals surface area contributed by atoms with Crippen LogP contribution in [-0.4, -0.2) is 57.3 Å². The zero-order chi connectivity index (χ0) is 23.3. The molecule has 1 fully saturated rings. The van der Waals surface area contributed by atoms with Gasteiger partial charge in [-0.2, -0.15) is 4.31 Å². The molecule has 0 aliphatic carbocycles. The van der Waals surface area contributed by atoms with Crippen LogP contribution in [-0.2, 0) is 21.2 Å². The lowest BCUT2D eigenvalue weighted by molar-refractivity contribution is -0.126. The summed E-state index contributed by atoms with van der Waals surface area (Å²) in [6.07, 6.45) is 2.22. The van der Waals surface area contributed by atoms with Gasteiger partial charge in [0.2, 0.25) is 15.9 Å². The van der Waals surface area contributed by atoms with E-state index in [9.17, 15) is 17.6 Å². The Morgan fingerprint density at radius 1 is 1.16 bits per heavy atom. The first-order valence-corrected chi connectivity index (χ1v) is 12.4. The van der Waals surface area contributed by atoms with Crippen LogP contribution in [0.25, 0.3) is 0 Å². The maximum Gasteiger partial charge on any atom is 0.243 e. The summed E-state index contributed by atoms with van der Waals surface area (Å²) in [6.45, 7) is 3.04. The molecular weight excluding hydrogens is 429 g/mol. The van der Waals surface area contributed by atoms with E-state index in [2.05, 4.69) is 41.4 Å². The number of nitrogens with zero attached hydrogens (tertiary/aromatic N) is 2. The van der Waals surface area contributed by atoms with E-state index in [1.165, 1.54) is 22.0 Å². The minimum Gasteiger partial charge on any atom is -0.354 e. The SMILES string of the molecule is CCc1ccc([C@H](CNC(=O)[C@H]2CCCN(S(=O)(=O)c3ccc(F)cc3)C2)N(C)C)cc1. The standard InChI is InChI=1S/C24H32FN3O3S/c1-4-18-7-9-19(10-8-18)23(27(2)3)16-26-24(29)20-6-5-15-28(17-20)32(30,31)22-13-11-21(25)12-14-22/h7-14,20,23H,4-6,15-17H2,1-3H3,(H,26,29)/t20-,23-/m0/s1. The molecule has 0 spiro atoms. The number of aryl methyl sites for hydroxylation is 1. The average molecular weight is 462 g/mol. The van der Waals surface area contributed by atoms with Crippen molar-refractivity contribution < 1.29 is 17.6 Å². The van der Waals surface area contributed by atoms with Crippen molar-refractivity contribution >= 4 is 15.9 Å². The summed E-state index contributed by atoms with van der Waals surface area (Å²) >= 11 is 0. The van der Waals surface area contributed by atoms with Crippen molar-refractivity contribution in [3.05, 3.63) is 65.5 Å². The lowest BCUT2D eigenvalue weighted by atomic mass is 9.98. The maximum atomic E-state index is 13.2. The lowest BCUT2D eigenvalue weighted by Gasteiger charge is -2.32. The van der Waals surface area contributed by atoms with Crippen molar-refractivity contribution in [2.75, 3.05) is 33.7 Å². The molecule has 2 atom stereocenters. The third-order valence-electron chi connectivity index (χ3n) is 6.07. The smallest absolute Gasteiger partial charge is 0.243 e. The molecule has 0 saturated carbocycles. The summed E-state index contributed by atoms with van der Waals surface area (Å²) in [4.78, 5) is 15.0. The van der Waals surface area contributed by atoms with Gasteiger partial charge in [-0.15, -0.1) is 0 Å². The second-order valence-electron chi connectivity index (χ2n) is 8.48. The predicted molar refractivity (Wildman–Crippen MR) is 123 cm³/mol. The van der Waals surface area contributed by atoms with Crippen LogP contribution in [0.2, 0.25) is 0 Å². The van der Waals surface area contributed by atoms with Gasteiger partial charge in [-0.1, -0.05) is 31.2 Å². The van der Waals surface area contributed by atoms with Crippen molar-refractivity contribution in [1.82, 2.24) is 14.5 Å². The highest BCUT2D eigenvalue weighted by molar-refractivity contribution is 7.89. The largest absolute Gasteiger partial charge is 0.354 e. The Labute approximate surface area is 190 Å². The zero-order valence-corrected chi connectivity index (χ0v) is 19.7. The number of piperidine rings is 1. The van der Waals surface area contributed by atoms with Crippen molar-refractivity contribution in [3.63, 3.8) is 0 Å². The fourth-order valence-electron chi connectivity index (χ4n) is 4.05. The number of hydrogen-bond acceptors (Lipinski definition) is 4. The topological polar surface area (TPSA) is 69.7 Å². The fourth-order valence-corrected chi connectivity index (χ4v) is 5.57. The van der Waals surface area contributed by atoms with Crippen molar-refractivity contribution in [2.24, 2.45) is 5.92 Å². The molecule has 0 unspecified atom stereocenters. The number of carbonyl (C=O) groups excluding carboxylic acids is 1. The molecule has 32 heavy (non-hydrogen) atoms. The molecule has 1 saturated heterocycles. The molecule has 0 aromatic heterocycles. The Morgan fingerprint density at radius 3 is 2.41 bits per heavy atom. The van der Waals surface area contributed by atoms with E-state index in [1.807, 2.05) is 14.1 Å².